The second-order valence-corrected chi connectivity index (χ2v) is 4.75. The average molecular weight is 272 g/mol. The molecule has 0 amide bonds. The van der Waals surface area contributed by atoms with E-state index in [2.05, 4.69) is 30.8 Å². The zero-order chi connectivity index (χ0) is 13.8. The highest BCUT2D eigenvalue weighted by Gasteiger charge is 2.14. The SMILES string of the molecule is O=c1[nH]nccc1-c1ccnc(NC2CCCNC2)n1. The summed E-state index contributed by atoms with van der Waals surface area (Å²) in [6, 6.07) is 3.69. The number of hydrogen-bond donors (Lipinski definition) is 3. The number of rotatable bonds is 3. The zero-order valence-electron chi connectivity index (χ0n) is 11.0. The predicted molar refractivity (Wildman–Crippen MR) is 75.4 cm³/mol. The Bertz CT molecular complexity index is 635. The van der Waals surface area contributed by atoms with Crippen molar-refractivity contribution >= 4 is 5.95 Å². The van der Waals surface area contributed by atoms with Crippen LogP contribution < -0.4 is 16.2 Å². The summed E-state index contributed by atoms with van der Waals surface area (Å²) >= 11 is 0. The van der Waals surface area contributed by atoms with Crippen molar-refractivity contribution in [2.45, 2.75) is 18.9 Å². The van der Waals surface area contributed by atoms with Gasteiger partial charge in [0.15, 0.2) is 0 Å². The molecule has 7 heteroatoms. The molecule has 3 heterocycles. The lowest BCUT2D eigenvalue weighted by Gasteiger charge is -2.23. The van der Waals surface area contributed by atoms with Gasteiger partial charge >= 0.3 is 0 Å². The van der Waals surface area contributed by atoms with Crippen LogP contribution in [0.5, 0.6) is 0 Å². The van der Waals surface area contributed by atoms with Gasteiger partial charge in [0.25, 0.3) is 5.56 Å². The van der Waals surface area contributed by atoms with Crippen LogP contribution in [0.1, 0.15) is 12.8 Å². The van der Waals surface area contributed by atoms with Crippen LogP contribution >= 0.6 is 0 Å². The molecule has 0 aliphatic carbocycles. The van der Waals surface area contributed by atoms with Crippen molar-refractivity contribution in [2.24, 2.45) is 0 Å². The number of piperidine rings is 1. The predicted octanol–water partition coefficient (Wildman–Crippen LogP) is 0.391. The van der Waals surface area contributed by atoms with Crippen molar-refractivity contribution < 1.29 is 0 Å². The molecule has 1 aliphatic rings. The Morgan fingerprint density at radius 3 is 3.05 bits per heavy atom. The Labute approximate surface area is 115 Å². The molecule has 0 spiro atoms. The third kappa shape index (κ3) is 2.83. The lowest BCUT2D eigenvalue weighted by atomic mass is 10.1. The summed E-state index contributed by atoms with van der Waals surface area (Å²) in [4.78, 5) is 20.3. The van der Waals surface area contributed by atoms with Crippen LogP contribution in [-0.4, -0.2) is 39.3 Å². The minimum absolute atomic E-state index is 0.253. The van der Waals surface area contributed by atoms with Crippen molar-refractivity contribution in [3.8, 4) is 11.3 Å². The lowest BCUT2D eigenvalue weighted by molar-refractivity contribution is 0.478. The van der Waals surface area contributed by atoms with E-state index in [0.29, 0.717) is 23.2 Å². The molecule has 0 radical (unpaired) electrons. The largest absolute Gasteiger partial charge is 0.350 e. The summed E-state index contributed by atoms with van der Waals surface area (Å²) in [5.74, 6) is 0.549. The number of hydrogen-bond acceptors (Lipinski definition) is 6. The molecule has 1 saturated heterocycles. The molecule has 1 unspecified atom stereocenters. The number of nitrogens with one attached hydrogen (secondary N) is 3. The Balaban J connectivity index is 1.82. The molecule has 0 aromatic carbocycles. The topological polar surface area (TPSA) is 95.6 Å². The maximum Gasteiger partial charge on any atom is 0.273 e. The number of nitrogens with zero attached hydrogens (tertiary/aromatic N) is 3. The first-order chi connectivity index (χ1) is 9.83. The standard InChI is InChI=1S/C13H16N6O/c20-12-10(3-7-16-19-12)11-4-6-15-13(18-11)17-9-2-1-5-14-8-9/h3-4,6-7,9,14H,1-2,5,8H2,(H,19,20)(H,15,17,18). The highest BCUT2D eigenvalue weighted by atomic mass is 16.1. The number of anilines is 1. The van der Waals surface area contributed by atoms with Crippen molar-refractivity contribution in [3.63, 3.8) is 0 Å². The molecule has 0 bridgehead atoms. The maximum atomic E-state index is 11.7. The van der Waals surface area contributed by atoms with Gasteiger partial charge < -0.3 is 10.6 Å². The van der Waals surface area contributed by atoms with E-state index in [9.17, 15) is 4.79 Å². The molecule has 2 aromatic heterocycles. The van der Waals surface area contributed by atoms with E-state index in [1.54, 1.807) is 18.3 Å². The smallest absolute Gasteiger partial charge is 0.273 e. The fourth-order valence-corrected chi connectivity index (χ4v) is 2.28. The second-order valence-electron chi connectivity index (χ2n) is 4.75. The van der Waals surface area contributed by atoms with Gasteiger partial charge in [0, 0.05) is 25.0 Å². The minimum Gasteiger partial charge on any atom is -0.350 e. The molecule has 0 saturated carbocycles. The van der Waals surface area contributed by atoms with Crippen LogP contribution in [0.2, 0.25) is 0 Å². The Kier molecular flexibility index (Phi) is 3.69. The van der Waals surface area contributed by atoms with Crippen LogP contribution in [0.3, 0.4) is 0 Å². The summed E-state index contributed by atoms with van der Waals surface area (Å²) in [7, 11) is 0. The molecule has 3 N–H and O–H groups in total. The van der Waals surface area contributed by atoms with Gasteiger partial charge in [-0.1, -0.05) is 0 Å². The van der Waals surface area contributed by atoms with E-state index in [-0.39, 0.29) is 5.56 Å². The molecule has 2 aromatic rings. The van der Waals surface area contributed by atoms with E-state index < -0.39 is 0 Å². The molecule has 1 atom stereocenters. The van der Waals surface area contributed by atoms with Crippen LogP contribution in [0.25, 0.3) is 11.3 Å². The van der Waals surface area contributed by atoms with Gasteiger partial charge in [0.1, 0.15) is 0 Å². The van der Waals surface area contributed by atoms with Crippen LogP contribution in [0.4, 0.5) is 5.95 Å². The fraction of sp³-hybridized carbons (Fsp3) is 0.385. The van der Waals surface area contributed by atoms with E-state index in [1.807, 2.05) is 0 Å². The molecular weight excluding hydrogens is 256 g/mol. The van der Waals surface area contributed by atoms with Gasteiger partial charge in [-0.25, -0.2) is 15.1 Å². The van der Waals surface area contributed by atoms with Crippen molar-refractivity contribution in [1.29, 1.82) is 0 Å². The molecular formula is C13H16N6O. The van der Waals surface area contributed by atoms with Gasteiger partial charge in [-0.05, 0) is 31.5 Å². The maximum absolute atomic E-state index is 11.7. The van der Waals surface area contributed by atoms with Gasteiger partial charge in [-0.2, -0.15) is 5.10 Å². The highest BCUT2D eigenvalue weighted by Crippen LogP contribution is 2.14. The third-order valence-electron chi connectivity index (χ3n) is 3.29. The Morgan fingerprint density at radius 2 is 2.25 bits per heavy atom. The third-order valence-corrected chi connectivity index (χ3v) is 3.29. The summed E-state index contributed by atoms with van der Waals surface area (Å²) in [5, 5.41) is 12.7. The average Bonchev–Trinajstić information content (AvgIpc) is 2.49. The summed E-state index contributed by atoms with van der Waals surface area (Å²) in [6.07, 6.45) is 5.43. The quantitative estimate of drug-likeness (QED) is 0.748. The molecule has 1 fully saturated rings. The molecule has 104 valence electrons. The van der Waals surface area contributed by atoms with E-state index in [1.165, 1.54) is 6.20 Å². The van der Waals surface area contributed by atoms with E-state index in [0.717, 1.165) is 25.9 Å². The Morgan fingerprint density at radius 1 is 1.30 bits per heavy atom. The van der Waals surface area contributed by atoms with Crippen molar-refractivity contribution in [1.82, 2.24) is 25.5 Å². The molecule has 20 heavy (non-hydrogen) atoms. The summed E-state index contributed by atoms with van der Waals surface area (Å²) in [5.41, 5.74) is 0.832. The van der Waals surface area contributed by atoms with Crippen LogP contribution in [0, 0.1) is 0 Å². The van der Waals surface area contributed by atoms with Crippen LogP contribution in [0.15, 0.2) is 29.3 Å². The monoisotopic (exact) mass is 272 g/mol. The number of aromatic amines is 1. The first kappa shape index (κ1) is 12.7. The first-order valence-corrected chi connectivity index (χ1v) is 6.67. The van der Waals surface area contributed by atoms with Crippen LogP contribution in [-0.2, 0) is 0 Å². The summed E-state index contributed by atoms with van der Waals surface area (Å²) < 4.78 is 0. The molecule has 7 nitrogen and oxygen atoms in total. The molecule has 3 rings (SSSR count). The van der Waals surface area contributed by atoms with Crippen molar-refractivity contribution in [3.05, 3.63) is 34.9 Å². The highest BCUT2D eigenvalue weighted by molar-refractivity contribution is 5.58. The summed E-state index contributed by atoms with van der Waals surface area (Å²) in [6.45, 7) is 1.97. The fourth-order valence-electron chi connectivity index (χ4n) is 2.28. The zero-order valence-corrected chi connectivity index (χ0v) is 11.0. The lowest BCUT2D eigenvalue weighted by Crippen LogP contribution is -2.38. The first-order valence-electron chi connectivity index (χ1n) is 6.67. The number of H-pyrrole nitrogens is 1. The van der Waals surface area contributed by atoms with Crippen molar-refractivity contribution in [2.75, 3.05) is 18.4 Å². The van der Waals surface area contributed by atoms with Gasteiger partial charge in [0.2, 0.25) is 5.95 Å². The number of aromatic nitrogens is 4. The Hall–Kier alpha value is -2.28. The normalized spacial score (nSPS) is 18.7. The molecule has 1 aliphatic heterocycles. The van der Waals surface area contributed by atoms with Gasteiger partial charge in [0.05, 0.1) is 11.3 Å². The second kappa shape index (κ2) is 5.79. The van der Waals surface area contributed by atoms with Gasteiger partial charge in [-0.3, -0.25) is 4.79 Å². The van der Waals surface area contributed by atoms with E-state index >= 15 is 0 Å². The van der Waals surface area contributed by atoms with E-state index in [4.69, 9.17) is 0 Å². The van der Waals surface area contributed by atoms with Gasteiger partial charge in [-0.15, -0.1) is 0 Å². The minimum atomic E-state index is -0.253.